The summed E-state index contributed by atoms with van der Waals surface area (Å²) in [6.45, 7) is 0.782. The first-order valence-electron chi connectivity index (χ1n) is 9.87. The highest BCUT2D eigenvalue weighted by molar-refractivity contribution is 5.78. The molecule has 0 fully saturated rings. The Morgan fingerprint density at radius 2 is 1.58 bits per heavy atom. The molecule has 31 heavy (non-hydrogen) atoms. The number of aromatic nitrogens is 5. The van der Waals surface area contributed by atoms with Crippen LogP contribution in [-0.2, 0) is 13.2 Å². The number of H-pyrrole nitrogens is 1. The second kappa shape index (κ2) is 8.62. The number of fused-ring (bicyclic) bond motifs is 1. The molecule has 0 aliphatic carbocycles. The molecule has 5 rings (SSSR count). The first-order chi connectivity index (χ1) is 15.3. The summed E-state index contributed by atoms with van der Waals surface area (Å²) in [5, 5.41) is 15.1. The van der Waals surface area contributed by atoms with Crippen LogP contribution in [0.5, 0.6) is 11.5 Å². The number of pyridine rings is 1. The zero-order valence-electron chi connectivity index (χ0n) is 16.6. The molecule has 7 heteroatoms. The lowest BCUT2D eigenvalue weighted by Gasteiger charge is -2.13. The topological polar surface area (TPSA) is 85.8 Å². The van der Waals surface area contributed by atoms with Crippen molar-refractivity contribution in [2.75, 3.05) is 0 Å². The molecular weight excluding hydrogens is 390 g/mol. The Morgan fingerprint density at radius 3 is 2.45 bits per heavy atom. The number of para-hydroxylation sites is 2. The van der Waals surface area contributed by atoms with Gasteiger partial charge in [0.2, 0.25) is 5.82 Å². The van der Waals surface area contributed by atoms with Gasteiger partial charge in [0.1, 0.15) is 24.7 Å². The summed E-state index contributed by atoms with van der Waals surface area (Å²) in [6, 6.07) is 27.5. The summed E-state index contributed by atoms with van der Waals surface area (Å²) < 4.78 is 12.0. The van der Waals surface area contributed by atoms with E-state index in [2.05, 4.69) is 31.7 Å². The SMILES string of the molecule is c1ccc(OCc2ccc3ccccc3n2)c(COc2ccc(-c3nn[nH]n3)cc2)c1. The third-order valence-electron chi connectivity index (χ3n) is 4.86. The molecule has 0 spiro atoms. The average Bonchev–Trinajstić information content (AvgIpc) is 3.37. The van der Waals surface area contributed by atoms with Gasteiger partial charge in [-0.1, -0.05) is 42.5 Å². The van der Waals surface area contributed by atoms with Crippen molar-refractivity contribution in [3.8, 4) is 22.9 Å². The highest BCUT2D eigenvalue weighted by Gasteiger charge is 2.07. The van der Waals surface area contributed by atoms with E-state index in [-0.39, 0.29) is 0 Å². The fourth-order valence-corrected chi connectivity index (χ4v) is 3.25. The van der Waals surface area contributed by atoms with Crippen molar-refractivity contribution in [1.82, 2.24) is 25.6 Å². The van der Waals surface area contributed by atoms with E-state index in [0.717, 1.165) is 39.2 Å². The van der Waals surface area contributed by atoms with E-state index in [9.17, 15) is 0 Å². The molecule has 152 valence electrons. The van der Waals surface area contributed by atoms with Crippen LogP contribution in [-0.4, -0.2) is 25.6 Å². The smallest absolute Gasteiger partial charge is 0.204 e. The normalized spacial score (nSPS) is 10.8. The van der Waals surface area contributed by atoms with Crippen molar-refractivity contribution in [3.05, 3.63) is 96.2 Å². The molecule has 0 saturated heterocycles. The van der Waals surface area contributed by atoms with Gasteiger partial charge in [0.05, 0.1) is 11.2 Å². The summed E-state index contributed by atoms with van der Waals surface area (Å²) in [5.41, 5.74) is 3.68. The van der Waals surface area contributed by atoms with E-state index in [1.807, 2.05) is 78.9 Å². The van der Waals surface area contributed by atoms with Gasteiger partial charge in [-0.3, -0.25) is 0 Å². The molecule has 0 radical (unpaired) electrons. The van der Waals surface area contributed by atoms with E-state index in [0.29, 0.717) is 19.0 Å². The summed E-state index contributed by atoms with van der Waals surface area (Å²) in [6.07, 6.45) is 0. The van der Waals surface area contributed by atoms with Crippen LogP contribution in [0, 0.1) is 0 Å². The van der Waals surface area contributed by atoms with Crippen LogP contribution >= 0.6 is 0 Å². The molecule has 0 atom stereocenters. The van der Waals surface area contributed by atoms with Crippen molar-refractivity contribution in [1.29, 1.82) is 0 Å². The van der Waals surface area contributed by atoms with Gasteiger partial charge in [0.25, 0.3) is 0 Å². The second-order valence-electron chi connectivity index (χ2n) is 6.94. The maximum atomic E-state index is 6.06. The highest BCUT2D eigenvalue weighted by Crippen LogP contribution is 2.23. The molecule has 0 unspecified atom stereocenters. The number of benzene rings is 3. The number of tetrazole rings is 1. The minimum absolute atomic E-state index is 0.390. The number of nitrogens with zero attached hydrogens (tertiary/aromatic N) is 4. The lowest BCUT2D eigenvalue weighted by Crippen LogP contribution is -2.03. The Morgan fingerprint density at radius 1 is 0.742 bits per heavy atom. The minimum Gasteiger partial charge on any atom is -0.489 e. The predicted octanol–water partition coefficient (Wildman–Crippen LogP) is 4.57. The Balaban J connectivity index is 1.24. The molecule has 2 heterocycles. The number of hydrogen-bond donors (Lipinski definition) is 1. The lowest BCUT2D eigenvalue weighted by atomic mass is 10.2. The van der Waals surface area contributed by atoms with Crippen LogP contribution in [0.25, 0.3) is 22.3 Å². The van der Waals surface area contributed by atoms with Crippen LogP contribution in [0.2, 0.25) is 0 Å². The van der Waals surface area contributed by atoms with E-state index >= 15 is 0 Å². The lowest BCUT2D eigenvalue weighted by molar-refractivity contribution is 0.271. The van der Waals surface area contributed by atoms with E-state index in [4.69, 9.17) is 9.47 Å². The maximum Gasteiger partial charge on any atom is 0.204 e. The quantitative estimate of drug-likeness (QED) is 0.424. The van der Waals surface area contributed by atoms with Crippen LogP contribution in [0.3, 0.4) is 0 Å². The van der Waals surface area contributed by atoms with Crippen molar-refractivity contribution in [3.63, 3.8) is 0 Å². The third-order valence-corrected chi connectivity index (χ3v) is 4.86. The average molecular weight is 409 g/mol. The van der Waals surface area contributed by atoms with Gasteiger partial charge in [0.15, 0.2) is 0 Å². The summed E-state index contributed by atoms with van der Waals surface area (Å²) >= 11 is 0. The predicted molar refractivity (Wildman–Crippen MR) is 116 cm³/mol. The molecule has 5 aromatic rings. The standard InChI is InChI=1S/C24H19N5O2/c1-3-7-22-17(5-1)9-12-20(25-22)16-31-23-8-4-2-6-19(23)15-30-21-13-10-18(11-14-21)24-26-28-29-27-24/h1-14H,15-16H2,(H,26,27,28,29). The Labute approximate surface area is 178 Å². The van der Waals surface area contributed by atoms with Crippen LogP contribution in [0.4, 0.5) is 0 Å². The maximum absolute atomic E-state index is 6.06. The van der Waals surface area contributed by atoms with Gasteiger partial charge in [-0.25, -0.2) is 4.98 Å². The molecule has 0 aliphatic heterocycles. The first kappa shape index (κ1) is 18.7. The molecule has 1 N–H and O–H groups in total. The highest BCUT2D eigenvalue weighted by atomic mass is 16.5. The van der Waals surface area contributed by atoms with Crippen molar-refractivity contribution >= 4 is 10.9 Å². The van der Waals surface area contributed by atoms with Crippen molar-refractivity contribution in [2.24, 2.45) is 0 Å². The van der Waals surface area contributed by atoms with E-state index in [1.165, 1.54) is 0 Å². The van der Waals surface area contributed by atoms with E-state index < -0.39 is 0 Å². The fourth-order valence-electron chi connectivity index (χ4n) is 3.25. The molecular formula is C24H19N5O2. The molecule has 7 nitrogen and oxygen atoms in total. The third kappa shape index (κ3) is 4.35. The Kier molecular flexibility index (Phi) is 5.22. The zero-order valence-corrected chi connectivity index (χ0v) is 16.6. The summed E-state index contributed by atoms with van der Waals surface area (Å²) in [4.78, 5) is 4.67. The van der Waals surface area contributed by atoms with E-state index in [1.54, 1.807) is 0 Å². The van der Waals surface area contributed by atoms with Gasteiger partial charge in [0, 0.05) is 16.5 Å². The minimum atomic E-state index is 0.390. The van der Waals surface area contributed by atoms with Gasteiger partial charge in [-0.2, -0.15) is 5.21 Å². The van der Waals surface area contributed by atoms with Gasteiger partial charge in [-0.15, -0.1) is 10.2 Å². The van der Waals surface area contributed by atoms with Crippen LogP contribution < -0.4 is 9.47 Å². The number of nitrogens with one attached hydrogen (secondary N) is 1. The van der Waals surface area contributed by atoms with Gasteiger partial charge < -0.3 is 9.47 Å². The molecule has 0 amide bonds. The van der Waals surface area contributed by atoms with Crippen molar-refractivity contribution < 1.29 is 9.47 Å². The number of rotatable bonds is 7. The van der Waals surface area contributed by atoms with Gasteiger partial charge in [-0.05, 0) is 47.7 Å². The zero-order chi connectivity index (χ0) is 20.9. The van der Waals surface area contributed by atoms with Crippen LogP contribution in [0.1, 0.15) is 11.3 Å². The number of hydrogen-bond acceptors (Lipinski definition) is 6. The fraction of sp³-hybridized carbons (Fsp3) is 0.0833. The Bertz CT molecular complexity index is 1290. The molecule has 0 bridgehead atoms. The monoisotopic (exact) mass is 409 g/mol. The molecule has 0 aliphatic rings. The number of ether oxygens (including phenoxy) is 2. The molecule has 0 saturated carbocycles. The van der Waals surface area contributed by atoms with Crippen molar-refractivity contribution in [2.45, 2.75) is 13.2 Å². The summed E-state index contributed by atoms with van der Waals surface area (Å²) in [7, 11) is 0. The Hall–Kier alpha value is -4.26. The first-order valence-corrected chi connectivity index (χ1v) is 9.87. The van der Waals surface area contributed by atoms with Gasteiger partial charge >= 0.3 is 0 Å². The summed E-state index contributed by atoms with van der Waals surface area (Å²) in [5.74, 6) is 2.08. The molecule has 2 aromatic heterocycles. The van der Waals surface area contributed by atoms with Crippen LogP contribution in [0.15, 0.2) is 84.9 Å². The number of aromatic amines is 1. The second-order valence-corrected chi connectivity index (χ2v) is 6.94. The molecule has 3 aromatic carbocycles. The largest absolute Gasteiger partial charge is 0.489 e.